The molecule has 6 nitrogen and oxygen atoms in total. The second-order valence-electron chi connectivity index (χ2n) is 4.58. The smallest absolute Gasteiger partial charge is 0.271 e. The molecule has 19 heavy (non-hydrogen) atoms. The molecule has 1 aromatic heterocycles. The summed E-state index contributed by atoms with van der Waals surface area (Å²) in [6.07, 6.45) is 2.41. The quantitative estimate of drug-likeness (QED) is 0.873. The lowest BCUT2D eigenvalue weighted by Gasteiger charge is -2.32. The van der Waals surface area contributed by atoms with E-state index in [4.69, 9.17) is 4.74 Å². The third-order valence-electron chi connectivity index (χ3n) is 3.26. The fourth-order valence-electron chi connectivity index (χ4n) is 2.20. The van der Waals surface area contributed by atoms with E-state index in [2.05, 4.69) is 20.4 Å². The summed E-state index contributed by atoms with van der Waals surface area (Å²) in [5.74, 6) is 0.616. The van der Waals surface area contributed by atoms with E-state index in [1.54, 1.807) is 13.2 Å². The maximum Gasteiger partial charge on any atom is 0.271 e. The maximum absolute atomic E-state index is 11.6. The van der Waals surface area contributed by atoms with E-state index >= 15 is 0 Å². The van der Waals surface area contributed by atoms with Crippen molar-refractivity contribution in [3.8, 4) is 0 Å². The van der Waals surface area contributed by atoms with Crippen LogP contribution in [0.3, 0.4) is 0 Å². The molecule has 1 aromatic rings. The minimum absolute atomic E-state index is 0.185. The van der Waals surface area contributed by atoms with Crippen molar-refractivity contribution in [3.63, 3.8) is 0 Å². The van der Waals surface area contributed by atoms with Gasteiger partial charge in [0.1, 0.15) is 0 Å². The highest BCUT2D eigenvalue weighted by Crippen LogP contribution is 2.18. The molecular formula is C13H20N4O2. The van der Waals surface area contributed by atoms with Crippen molar-refractivity contribution in [1.82, 2.24) is 15.5 Å². The number of methoxy groups -OCH3 is 1. The van der Waals surface area contributed by atoms with Gasteiger partial charge in [-0.05, 0) is 31.9 Å². The van der Waals surface area contributed by atoms with E-state index < -0.39 is 0 Å². The van der Waals surface area contributed by atoms with Crippen LogP contribution in [-0.4, -0.2) is 49.0 Å². The van der Waals surface area contributed by atoms with Gasteiger partial charge < -0.3 is 15.0 Å². The summed E-state index contributed by atoms with van der Waals surface area (Å²) in [6, 6.07) is 3.55. The van der Waals surface area contributed by atoms with Crippen molar-refractivity contribution in [2.45, 2.75) is 25.9 Å². The number of anilines is 1. The van der Waals surface area contributed by atoms with Crippen LogP contribution < -0.4 is 10.2 Å². The standard InChI is InChI=1S/C13H20N4O2/c1-3-14-13(18)11-6-7-12(16-15-11)17-8-4-5-10(9-17)19-2/h6-7,10H,3-5,8-9H2,1-2H3,(H,14,18)/t10-/m0/s1. The van der Waals surface area contributed by atoms with E-state index in [9.17, 15) is 4.79 Å². The highest BCUT2D eigenvalue weighted by molar-refractivity contribution is 5.92. The zero-order valence-corrected chi connectivity index (χ0v) is 11.4. The summed E-state index contributed by atoms with van der Waals surface area (Å²) >= 11 is 0. The van der Waals surface area contributed by atoms with Gasteiger partial charge in [0.15, 0.2) is 11.5 Å². The van der Waals surface area contributed by atoms with Crippen LogP contribution in [0.4, 0.5) is 5.82 Å². The summed E-state index contributed by atoms with van der Waals surface area (Å²) < 4.78 is 5.38. The van der Waals surface area contributed by atoms with E-state index in [0.717, 1.165) is 31.7 Å². The van der Waals surface area contributed by atoms with Crippen LogP contribution in [0.2, 0.25) is 0 Å². The number of hydrogen-bond donors (Lipinski definition) is 1. The third kappa shape index (κ3) is 3.41. The minimum Gasteiger partial charge on any atom is -0.380 e. The molecule has 0 radical (unpaired) electrons. The second kappa shape index (κ2) is 6.47. The number of amides is 1. The number of rotatable bonds is 4. The van der Waals surface area contributed by atoms with Crippen molar-refractivity contribution in [3.05, 3.63) is 17.8 Å². The highest BCUT2D eigenvalue weighted by atomic mass is 16.5. The molecule has 1 amide bonds. The fraction of sp³-hybridized carbons (Fsp3) is 0.615. The second-order valence-corrected chi connectivity index (χ2v) is 4.58. The number of aromatic nitrogens is 2. The number of hydrogen-bond acceptors (Lipinski definition) is 5. The molecule has 1 fully saturated rings. The van der Waals surface area contributed by atoms with Crippen molar-refractivity contribution in [2.75, 3.05) is 31.6 Å². The summed E-state index contributed by atoms with van der Waals surface area (Å²) in [4.78, 5) is 13.7. The third-order valence-corrected chi connectivity index (χ3v) is 3.26. The summed E-state index contributed by atoms with van der Waals surface area (Å²) in [5.41, 5.74) is 0.353. The normalized spacial score (nSPS) is 19.3. The summed E-state index contributed by atoms with van der Waals surface area (Å²) in [5, 5.41) is 10.8. The van der Waals surface area contributed by atoms with Crippen LogP contribution in [-0.2, 0) is 4.74 Å². The molecule has 0 aromatic carbocycles. The van der Waals surface area contributed by atoms with Gasteiger partial charge in [-0.25, -0.2) is 0 Å². The molecule has 1 aliphatic rings. The Morgan fingerprint density at radius 1 is 1.53 bits per heavy atom. The van der Waals surface area contributed by atoms with Crippen LogP contribution in [0.5, 0.6) is 0 Å². The van der Waals surface area contributed by atoms with Crippen LogP contribution in [0.15, 0.2) is 12.1 Å². The predicted molar refractivity (Wildman–Crippen MR) is 72.3 cm³/mol. The zero-order chi connectivity index (χ0) is 13.7. The van der Waals surface area contributed by atoms with E-state index in [1.807, 2.05) is 13.0 Å². The number of piperidine rings is 1. The van der Waals surface area contributed by atoms with Crippen molar-refractivity contribution >= 4 is 11.7 Å². The van der Waals surface area contributed by atoms with Crippen molar-refractivity contribution in [2.24, 2.45) is 0 Å². The molecule has 104 valence electrons. The van der Waals surface area contributed by atoms with Gasteiger partial charge in [0.2, 0.25) is 0 Å². The first-order valence-electron chi connectivity index (χ1n) is 6.64. The molecule has 1 atom stereocenters. The predicted octanol–water partition coefficient (Wildman–Crippen LogP) is 0.841. The van der Waals surface area contributed by atoms with Gasteiger partial charge in [-0.1, -0.05) is 0 Å². The van der Waals surface area contributed by atoms with Gasteiger partial charge in [-0.3, -0.25) is 4.79 Å². The molecule has 0 aliphatic carbocycles. The summed E-state index contributed by atoms with van der Waals surface area (Å²) in [7, 11) is 1.73. The van der Waals surface area contributed by atoms with E-state index in [0.29, 0.717) is 12.2 Å². The lowest BCUT2D eigenvalue weighted by Crippen LogP contribution is -2.39. The number of carbonyl (C=O) groups is 1. The molecule has 1 aliphatic heterocycles. The first-order chi connectivity index (χ1) is 9.24. The molecule has 2 rings (SSSR count). The molecule has 6 heteroatoms. The largest absolute Gasteiger partial charge is 0.380 e. The van der Waals surface area contributed by atoms with Crippen LogP contribution in [0.25, 0.3) is 0 Å². The van der Waals surface area contributed by atoms with Crippen LogP contribution >= 0.6 is 0 Å². The first-order valence-corrected chi connectivity index (χ1v) is 6.64. The average molecular weight is 264 g/mol. The monoisotopic (exact) mass is 264 g/mol. The lowest BCUT2D eigenvalue weighted by molar-refractivity contribution is 0.0890. The lowest BCUT2D eigenvalue weighted by atomic mass is 10.1. The minimum atomic E-state index is -0.185. The Hall–Kier alpha value is -1.69. The Kier molecular flexibility index (Phi) is 4.68. The Morgan fingerprint density at radius 2 is 2.37 bits per heavy atom. The average Bonchev–Trinajstić information content (AvgIpc) is 2.48. The Labute approximate surface area is 113 Å². The number of ether oxygens (including phenoxy) is 1. The zero-order valence-electron chi connectivity index (χ0n) is 11.4. The van der Waals surface area contributed by atoms with Crippen LogP contribution in [0, 0.1) is 0 Å². The van der Waals surface area contributed by atoms with Gasteiger partial charge in [0.25, 0.3) is 5.91 Å². The topological polar surface area (TPSA) is 67.4 Å². The van der Waals surface area contributed by atoms with E-state index in [1.165, 1.54) is 0 Å². The van der Waals surface area contributed by atoms with Crippen molar-refractivity contribution < 1.29 is 9.53 Å². The number of carbonyl (C=O) groups excluding carboxylic acids is 1. The van der Waals surface area contributed by atoms with Gasteiger partial charge >= 0.3 is 0 Å². The highest BCUT2D eigenvalue weighted by Gasteiger charge is 2.21. The van der Waals surface area contributed by atoms with E-state index in [-0.39, 0.29) is 12.0 Å². The SMILES string of the molecule is CCNC(=O)c1ccc(N2CCC[C@H](OC)C2)nn1. The molecule has 2 heterocycles. The summed E-state index contributed by atoms with van der Waals surface area (Å²) in [6.45, 7) is 4.24. The molecule has 0 unspecified atom stereocenters. The molecular weight excluding hydrogens is 244 g/mol. The first kappa shape index (κ1) is 13.7. The van der Waals surface area contributed by atoms with Gasteiger partial charge in [-0.2, -0.15) is 0 Å². The van der Waals surface area contributed by atoms with Gasteiger partial charge in [0.05, 0.1) is 6.10 Å². The number of nitrogens with one attached hydrogen (secondary N) is 1. The Bertz CT molecular complexity index is 421. The molecule has 0 saturated carbocycles. The molecule has 1 saturated heterocycles. The molecule has 0 spiro atoms. The Balaban J connectivity index is 2.03. The van der Waals surface area contributed by atoms with Crippen molar-refractivity contribution in [1.29, 1.82) is 0 Å². The molecule has 0 bridgehead atoms. The Morgan fingerprint density at radius 3 is 3.00 bits per heavy atom. The fourth-order valence-corrected chi connectivity index (χ4v) is 2.20. The van der Waals surface area contributed by atoms with Gasteiger partial charge in [0, 0.05) is 26.7 Å². The number of nitrogens with zero attached hydrogens (tertiary/aromatic N) is 3. The maximum atomic E-state index is 11.6. The molecule has 1 N–H and O–H groups in total. The van der Waals surface area contributed by atoms with Crippen LogP contribution in [0.1, 0.15) is 30.3 Å². The van der Waals surface area contributed by atoms with Gasteiger partial charge in [-0.15, -0.1) is 10.2 Å².